The Hall–Kier alpha value is -1.97. The highest BCUT2D eigenvalue weighted by atomic mass is 32.2. The van der Waals surface area contributed by atoms with Gasteiger partial charge in [0.2, 0.25) is 15.9 Å². The quantitative estimate of drug-likeness (QED) is 0.619. The molecule has 0 heterocycles. The molecule has 25 heavy (non-hydrogen) atoms. The summed E-state index contributed by atoms with van der Waals surface area (Å²) in [5, 5.41) is 11.1. The second kappa shape index (κ2) is 8.41. The van der Waals surface area contributed by atoms with Crippen LogP contribution in [-0.4, -0.2) is 49.7 Å². The molecule has 0 aromatic heterocycles. The van der Waals surface area contributed by atoms with Gasteiger partial charge in [-0.15, -0.1) is 0 Å². The molecule has 1 amide bonds. The topological polar surface area (TPSA) is 122 Å². The lowest BCUT2D eigenvalue weighted by molar-refractivity contribution is -0.142. The van der Waals surface area contributed by atoms with Crippen LogP contribution in [-0.2, 0) is 24.3 Å². The van der Waals surface area contributed by atoms with E-state index >= 15 is 0 Å². The summed E-state index contributed by atoms with van der Waals surface area (Å²) in [5.41, 5.74) is -0.602. The molecular formula is C16H24N2O6S. The summed E-state index contributed by atoms with van der Waals surface area (Å²) in [6.45, 7) is 6.32. The first-order chi connectivity index (χ1) is 11.4. The number of carbonyl (C=O) groups excluding carboxylic acids is 1. The van der Waals surface area contributed by atoms with Gasteiger partial charge < -0.3 is 15.2 Å². The largest absolute Gasteiger partial charge is 0.480 e. The predicted octanol–water partition coefficient (Wildman–Crippen LogP) is 0.738. The number of ether oxygens (including phenoxy) is 1. The van der Waals surface area contributed by atoms with Crippen molar-refractivity contribution >= 4 is 21.9 Å². The molecule has 3 N–H and O–H groups in total. The van der Waals surface area contributed by atoms with Crippen LogP contribution in [0.15, 0.2) is 35.2 Å². The van der Waals surface area contributed by atoms with Crippen molar-refractivity contribution in [3.8, 4) is 0 Å². The standard InChI is InChI=1S/C16H24N2O6S/c1-11(15(20)21)17-14(19)13(10-24-16(2,3)4)18-25(22,23)12-8-6-5-7-9-12/h5-9,11,13,18H,10H2,1-4H3,(H,17,19)(H,20,21)/t11-,13?/m0/s1. The fourth-order valence-corrected chi connectivity index (χ4v) is 2.93. The number of rotatable bonds is 8. The monoisotopic (exact) mass is 372 g/mol. The van der Waals surface area contributed by atoms with Crippen LogP contribution in [0, 0.1) is 0 Å². The fourth-order valence-electron chi connectivity index (χ4n) is 1.73. The van der Waals surface area contributed by atoms with Gasteiger partial charge in [-0.3, -0.25) is 9.59 Å². The molecule has 140 valence electrons. The summed E-state index contributed by atoms with van der Waals surface area (Å²) in [6, 6.07) is 5.13. The van der Waals surface area contributed by atoms with Crippen molar-refractivity contribution in [2.75, 3.05) is 6.61 Å². The lowest BCUT2D eigenvalue weighted by Crippen LogP contribution is -2.53. The van der Waals surface area contributed by atoms with Crippen LogP contribution in [0.2, 0.25) is 0 Å². The number of carbonyl (C=O) groups is 2. The number of hydrogen-bond acceptors (Lipinski definition) is 5. The van der Waals surface area contributed by atoms with Crippen LogP contribution in [0.3, 0.4) is 0 Å². The molecule has 0 aliphatic heterocycles. The van der Waals surface area contributed by atoms with Crippen molar-refractivity contribution < 1.29 is 27.9 Å². The van der Waals surface area contributed by atoms with Gasteiger partial charge in [0.1, 0.15) is 12.1 Å². The molecule has 0 bridgehead atoms. The lowest BCUT2D eigenvalue weighted by atomic mass is 10.2. The zero-order chi connectivity index (χ0) is 19.3. The maximum absolute atomic E-state index is 12.4. The summed E-state index contributed by atoms with van der Waals surface area (Å²) in [5.74, 6) is -2.01. The van der Waals surface area contributed by atoms with Crippen molar-refractivity contribution in [3.05, 3.63) is 30.3 Å². The Kier molecular flexibility index (Phi) is 7.09. The minimum absolute atomic E-state index is 0.00478. The van der Waals surface area contributed by atoms with Crippen molar-refractivity contribution in [2.45, 2.75) is 50.3 Å². The van der Waals surface area contributed by atoms with Gasteiger partial charge in [0.05, 0.1) is 17.1 Å². The van der Waals surface area contributed by atoms with E-state index in [0.29, 0.717) is 0 Å². The Bertz CT molecular complexity index is 697. The molecule has 8 nitrogen and oxygen atoms in total. The van der Waals surface area contributed by atoms with E-state index in [0.717, 1.165) is 0 Å². The van der Waals surface area contributed by atoms with Crippen molar-refractivity contribution in [3.63, 3.8) is 0 Å². The van der Waals surface area contributed by atoms with E-state index in [1.807, 2.05) is 0 Å². The minimum atomic E-state index is -3.97. The molecule has 0 saturated carbocycles. The average Bonchev–Trinajstić information content (AvgIpc) is 2.51. The Morgan fingerprint density at radius 3 is 2.24 bits per heavy atom. The van der Waals surface area contributed by atoms with E-state index in [1.165, 1.54) is 19.1 Å². The molecule has 1 unspecified atom stereocenters. The first-order valence-corrected chi connectivity index (χ1v) is 9.15. The number of carboxylic acid groups (broad SMARTS) is 1. The maximum Gasteiger partial charge on any atom is 0.325 e. The molecule has 0 spiro atoms. The van der Waals surface area contributed by atoms with Crippen LogP contribution in [0.5, 0.6) is 0 Å². The number of amides is 1. The van der Waals surface area contributed by atoms with Gasteiger partial charge in [-0.25, -0.2) is 8.42 Å². The van der Waals surface area contributed by atoms with Gasteiger partial charge >= 0.3 is 5.97 Å². The third-order valence-electron chi connectivity index (χ3n) is 3.08. The first kappa shape index (κ1) is 21.1. The number of benzene rings is 1. The highest BCUT2D eigenvalue weighted by Crippen LogP contribution is 2.11. The fraction of sp³-hybridized carbons (Fsp3) is 0.500. The van der Waals surface area contributed by atoms with E-state index < -0.39 is 39.6 Å². The first-order valence-electron chi connectivity index (χ1n) is 7.67. The smallest absolute Gasteiger partial charge is 0.325 e. The molecule has 0 saturated heterocycles. The molecule has 2 atom stereocenters. The van der Waals surface area contributed by atoms with Crippen LogP contribution in [0.25, 0.3) is 0 Å². The van der Waals surface area contributed by atoms with Gasteiger partial charge in [-0.1, -0.05) is 18.2 Å². The van der Waals surface area contributed by atoms with Crippen LogP contribution in [0.4, 0.5) is 0 Å². The molecule has 0 aliphatic rings. The Morgan fingerprint density at radius 1 is 1.20 bits per heavy atom. The summed E-state index contributed by atoms with van der Waals surface area (Å²) >= 11 is 0. The second-order valence-electron chi connectivity index (χ2n) is 6.48. The average molecular weight is 372 g/mol. The minimum Gasteiger partial charge on any atom is -0.480 e. The Morgan fingerprint density at radius 2 is 1.76 bits per heavy atom. The van der Waals surface area contributed by atoms with Crippen LogP contribution in [0.1, 0.15) is 27.7 Å². The predicted molar refractivity (Wildman–Crippen MR) is 91.5 cm³/mol. The molecule has 1 aromatic carbocycles. The zero-order valence-corrected chi connectivity index (χ0v) is 15.5. The number of aliphatic carboxylic acids is 1. The summed E-state index contributed by atoms with van der Waals surface area (Å²) in [6.07, 6.45) is 0. The lowest BCUT2D eigenvalue weighted by Gasteiger charge is -2.25. The van der Waals surface area contributed by atoms with Crippen molar-refractivity contribution in [1.82, 2.24) is 10.0 Å². The second-order valence-corrected chi connectivity index (χ2v) is 8.19. The maximum atomic E-state index is 12.4. The van der Waals surface area contributed by atoms with Gasteiger partial charge in [-0.05, 0) is 39.8 Å². The van der Waals surface area contributed by atoms with Crippen LogP contribution < -0.4 is 10.0 Å². The number of carboxylic acids is 1. The third kappa shape index (κ3) is 7.20. The number of nitrogens with one attached hydrogen (secondary N) is 2. The van der Waals surface area contributed by atoms with Gasteiger partial charge in [0.25, 0.3) is 0 Å². The molecule has 0 aliphatic carbocycles. The van der Waals surface area contributed by atoms with E-state index in [9.17, 15) is 18.0 Å². The van der Waals surface area contributed by atoms with Gasteiger partial charge in [-0.2, -0.15) is 4.72 Å². The Balaban J connectivity index is 2.97. The number of hydrogen-bond donors (Lipinski definition) is 3. The Labute approximate surface area is 147 Å². The highest BCUT2D eigenvalue weighted by molar-refractivity contribution is 7.89. The normalized spacial score (nSPS) is 14.6. The molecular weight excluding hydrogens is 348 g/mol. The third-order valence-corrected chi connectivity index (χ3v) is 4.57. The van der Waals surface area contributed by atoms with E-state index in [-0.39, 0.29) is 11.5 Å². The molecule has 9 heteroatoms. The summed E-state index contributed by atoms with van der Waals surface area (Å²) in [4.78, 5) is 23.2. The van der Waals surface area contributed by atoms with Crippen molar-refractivity contribution in [2.24, 2.45) is 0 Å². The van der Waals surface area contributed by atoms with E-state index in [1.54, 1.807) is 39.0 Å². The molecule has 0 radical (unpaired) electrons. The molecule has 1 aromatic rings. The van der Waals surface area contributed by atoms with E-state index in [4.69, 9.17) is 9.84 Å². The SMILES string of the molecule is C[C@H](NC(=O)C(COC(C)(C)C)NS(=O)(=O)c1ccccc1)C(=O)O. The summed E-state index contributed by atoms with van der Waals surface area (Å²) in [7, 11) is -3.97. The van der Waals surface area contributed by atoms with Gasteiger partial charge in [0, 0.05) is 0 Å². The number of sulfonamides is 1. The van der Waals surface area contributed by atoms with Gasteiger partial charge in [0.15, 0.2) is 0 Å². The highest BCUT2D eigenvalue weighted by Gasteiger charge is 2.29. The zero-order valence-electron chi connectivity index (χ0n) is 14.6. The molecule has 1 rings (SSSR count). The van der Waals surface area contributed by atoms with Crippen molar-refractivity contribution in [1.29, 1.82) is 0 Å². The molecule has 0 fully saturated rings. The van der Waals surface area contributed by atoms with Crippen LogP contribution >= 0.6 is 0 Å². The van der Waals surface area contributed by atoms with E-state index in [2.05, 4.69) is 10.0 Å². The summed E-state index contributed by atoms with van der Waals surface area (Å²) < 4.78 is 32.6.